The molecule has 8 rings (SSSR count). The van der Waals surface area contributed by atoms with E-state index in [0.717, 1.165) is 0 Å². The van der Waals surface area contributed by atoms with Gasteiger partial charge >= 0.3 is 0 Å². The number of benzene rings is 5. The summed E-state index contributed by atoms with van der Waals surface area (Å²) in [5, 5.41) is 1.31. The van der Waals surface area contributed by atoms with Crippen LogP contribution in [0.15, 0.2) is 152 Å². The second-order valence-electron chi connectivity index (χ2n) is 11.2. The number of nitrogens with zero attached hydrogens (tertiary/aromatic N) is 1. The van der Waals surface area contributed by atoms with Gasteiger partial charge in [0, 0.05) is 37.3 Å². The lowest BCUT2D eigenvalue weighted by atomic mass is 9.74. The Labute approximate surface area is 245 Å². The number of thiophene rings is 1. The summed E-state index contributed by atoms with van der Waals surface area (Å²) in [6.45, 7) is 2.38. The van der Waals surface area contributed by atoms with Gasteiger partial charge in [-0.3, -0.25) is 0 Å². The number of rotatable bonds is 4. The van der Waals surface area contributed by atoms with Gasteiger partial charge in [-0.25, -0.2) is 0 Å². The van der Waals surface area contributed by atoms with Crippen molar-refractivity contribution in [2.75, 3.05) is 4.90 Å². The van der Waals surface area contributed by atoms with Crippen molar-refractivity contribution in [1.82, 2.24) is 0 Å². The van der Waals surface area contributed by atoms with Gasteiger partial charge in [0.1, 0.15) is 0 Å². The second kappa shape index (κ2) is 9.47. The normalized spacial score (nSPS) is 19.2. The highest BCUT2D eigenvalue weighted by Gasteiger charge is 2.47. The van der Waals surface area contributed by atoms with Crippen molar-refractivity contribution < 1.29 is 0 Å². The minimum Gasteiger partial charge on any atom is -0.333 e. The van der Waals surface area contributed by atoms with Crippen LogP contribution >= 0.6 is 11.3 Å². The van der Waals surface area contributed by atoms with E-state index in [0.29, 0.717) is 0 Å². The number of allylic oxidation sites excluding steroid dienone is 2. The number of anilines is 2. The van der Waals surface area contributed by atoms with Gasteiger partial charge in [-0.2, -0.15) is 0 Å². The standard InChI is InChI=1S/C39H29NS/c1-39-24-23-30(26-36(39)40(31-17-9-4-10-18-31)34-20-12-11-19-33(34)39)29-21-22-32-35(25-29)41-38(28-15-7-3-8-16-28)37(32)27-13-5-2-6-14-27/h2-26,36H,1H3. The van der Waals surface area contributed by atoms with E-state index in [2.05, 4.69) is 164 Å². The highest BCUT2D eigenvalue weighted by atomic mass is 32.1. The third kappa shape index (κ3) is 3.83. The Morgan fingerprint density at radius 3 is 2.07 bits per heavy atom. The Morgan fingerprint density at radius 2 is 1.32 bits per heavy atom. The van der Waals surface area contributed by atoms with Gasteiger partial charge < -0.3 is 4.90 Å². The smallest absolute Gasteiger partial charge is 0.0661 e. The highest BCUT2D eigenvalue weighted by molar-refractivity contribution is 7.23. The predicted molar refractivity (Wildman–Crippen MR) is 176 cm³/mol. The van der Waals surface area contributed by atoms with E-state index in [-0.39, 0.29) is 11.5 Å². The van der Waals surface area contributed by atoms with Crippen LogP contribution in [0.5, 0.6) is 0 Å². The molecule has 0 radical (unpaired) electrons. The molecule has 0 saturated carbocycles. The van der Waals surface area contributed by atoms with Crippen molar-refractivity contribution in [3.8, 4) is 21.6 Å². The summed E-state index contributed by atoms with van der Waals surface area (Å²) in [5.41, 5.74) is 10.2. The van der Waals surface area contributed by atoms with Crippen molar-refractivity contribution in [2.24, 2.45) is 0 Å². The molecule has 0 bridgehead atoms. The predicted octanol–water partition coefficient (Wildman–Crippen LogP) is 10.7. The molecule has 1 aliphatic carbocycles. The molecule has 0 N–H and O–H groups in total. The number of fused-ring (bicyclic) bond motifs is 4. The SMILES string of the molecule is CC12C=CC(c3ccc4c(-c5ccccc5)c(-c5ccccc5)sc4c3)=CC1N(c1ccccc1)c1ccccc12. The van der Waals surface area contributed by atoms with Crippen molar-refractivity contribution in [2.45, 2.75) is 18.4 Å². The summed E-state index contributed by atoms with van der Waals surface area (Å²) in [6, 6.07) is 48.5. The lowest BCUT2D eigenvalue weighted by Gasteiger charge is -2.36. The van der Waals surface area contributed by atoms with Crippen LogP contribution in [0.3, 0.4) is 0 Å². The molecule has 0 spiro atoms. The fourth-order valence-electron chi connectivity index (χ4n) is 6.68. The first-order valence-electron chi connectivity index (χ1n) is 14.2. The molecule has 2 unspecified atom stereocenters. The molecular weight excluding hydrogens is 515 g/mol. The van der Waals surface area contributed by atoms with E-state index < -0.39 is 0 Å². The van der Waals surface area contributed by atoms with Gasteiger partial charge in [0.05, 0.1) is 6.04 Å². The molecule has 2 atom stereocenters. The molecule has 1 aromatic heterocycles. The first kappa shape index (κ1) is 24.2. The fraction of sp³-hybridized carbons (Fsp3) is 0.0769. The molecule has 1 nitrogen and oxygen atoms in total. The molecule has 5 aromatic carbocycles. The zero-order valence-electron chi connectivity index (χ0n) is 22.9. The third-order valence-electron chi connectivity index (χ3n) is 8.74. The van der Waals surface area contributed by atoms with Crippen LogP contribution in [-0.4, -0.2) is 6.04 Å². The van der Waals surface area contributed by atoms with E-state index >= 15 is 0 Å². The highest BCUT2D eigenvalue weighted by Crippen LogP contribution is 2.53. The monoisotopic (exact) mass is 543 g/mol. The van der Waals surface area contributed by atoms with E-state index in [4.69, 9.17) is 0 Å². The van der Waals surface area contributed by atoms with Crippen LogP contribution in [0.25, 0.3) is 37.2 Å². The van der Waals surface area contributed by atoms with Gasteiger partial charge in [-0.1, -0.05) is 127 Å². The summed E-state index contributed by atoms with van der Waals surface area (Å²) < 4.78 is 1.32. The molecule has 2 aliphatic rings. The minimum absolute atomic E-state index is 0.0933. The van der Waals surface area contributed by atoms with Crippen LogP contribution in [0, 0.1) is 0 Å². The summed E-state index contributed by atoms with van der Waals surface area (Å²) in [7, 11) is 0. The molecular formula is C39H29NS. The maximum atomic E-state index is 2.52. The molecule has 6 aromatic rings. The summed E-state index contributed by atoms with van der Waals surface area (Å²) in [6.07, 6.45) is 7.25. The zero-order valence-corrected chi connectivity index (χ0v) is 23.7. The molecule has 2 heteroatoms. The third-order valence-corrected chi connectivity index (χ3v) is 9.94. The van der Waals surface area contributed by atoms with Crippen LogP contribution in [0.4, 0.5) is 11.4 Å². The summed E-state index contributed by atoms with van der Waals surface area (Å²) in [4.78, 5) is 3.84. The number of hydrogen-bond acceptors (Lipinski definition) is 2. The average Bonchev–Trinajstić information content (AvgIpc) is 3.55. The molecule has 0 amide bonds. The number of para-hydroxylation sites is 2. The van der Waals surface area contributed by atoms with Crippen molar-refractivity contribution in [1.29, 1.82) is 0 Å². The zero-order chi connectivity index (χ0) is 27.4. The lowest BCUT2D eigenvalue weighted by Crippen LogP contribution is -2.39. The lowest BCUT2D eigenvalue weighted by molar-refractivity contribution is 0.552. The Hall–Kier alpha value is -4.66. The van der Waals surface area contributed by atoms with Crippen LogP contribution in [-0.2, 0) is 5.41 Å². The van der Waals surface area contributed by atoms with Gasteiger partial charge in [0.25, 0.3) is 0 Å². The van der Waals surface area contributed by atoms with E-state index in [1.807, 2.05) is 11.3 Å². The minimum atomic E-state index is -0.0933. The van der Waals surface area contributed by atoms with Gasteiger partial charge in [0.2, 0.25) is 0 Å². The topological polar surface area (TPSA) is 3.24 Å². The van der Waals surface area contributed by atoms with Crippen LogP contribution < -0.4 is 4.90 Å². The Morgan fingerprint density at radius 1 is 0.659 bits per heavy atom. The second-order valence-corrected chi connectivity index (χ2v) is 12.2. The Balaban J connectivity index is 1.27. The van der Waals surface area contributed by atoms with E-state index in [1.54, 1.807) is 0 Å². The first-order valence-corrected chi connectivity index (χ1v) is 15.0. The van der Waals surface area contributed by atoms with Crippen molar-refractivity contribution >= 4 is 38.4 Å². The molecule has 0 fully saturated rings. The number of hydrogen-bond donors (Lipinski definition) is 0. The molecule has 41 heavy (non-hydrogen) atoms. The Kier molecular flexibility index (Phi) is 5.58. The van der Waals surface area contributed by atoms with E-state index in [1.165, 1.54) is 59.7 Å². The van der Waals surface area contributed by atoms with E-state index in [9.17, 15) is 0 Å². The largest absolute Gasteiger partial charge is 0.333 e. The van der Waals surface area contributed by atoms with Crippen molar-refractivity contribution in [3.05, 3.63) is 163 Å². The Bertz CT molecular complexity index is 1950. The average molecular weight is 544 g/mol. The van der Waals surface area contributed by atoms with Gasteiger partial charge in [-0.15, -0.1) is 11.3 Å². The molecule has 1 aliphatic heterocycles. The summed E-state index contributed by atoms with van der Waals surface area (Å²) >= 11 is 1.89. The fourth-order valence-corrected chi connectivity index (χ4v) is 7.95. The van der Waals surface area contributed by atoms with Crippen LogP contribution in [0.1, 0.15) is 18.1 Å². The summed E-state index contributed by atoms with van der Waals surface area (Å²) in [5.74, 6) is 0. The maximum Gasteiger partial charge on any atom is 0.0661 e. The van der Waals surface area contributed by atoms with Crippen molar-refractivity contribution in [3.63, 3.8) is 0 Å². The molecule has 196 valence electrons. The molecule has 0 saturated heterocycles. The van der Waals surface area contributed by atoms with Crippen LogP contribution in [0.2, 0.25) is 0 Å². The van der Waals surface area contributed by atoms with Gasteiger partial charge in [0.15, 0.2) is 0 Å². The van der Waals surface area contributed by atoms with Gasteiger partial charge in [-0.05, 0) is 59.0 Å². The molecule has 2 heterocycles. The quantitative estimate of drug-likeness (QED) is 0.214. The first-order chi connectivity index (χ1) is 20.2. The maximum absolute atomic E-state index is 2.52.